The van der Waals surface area contributed by atoms with Crippen LogP contribution in [0.4, 0.5) is 0 Å². The van der Waals surface area contributed by atoms with E-state index in [0.29, 0.717) is 6.54 Å². The lowest BCUT2D eigenvalue weighted by molar-refractivity contribution is 0.0943. The van der Waals surface area contributed by atoms with Gasteiger partial charge in [0.1, 0.15) is 11.2 Å². The molecule has 0 atom stereocenters. The van der Waals surface area contributed by atoms with Crippen LogP contribution in [0.5, 0.6) is 0 Å². The Hall–Kier alpha value is -2.02. The normalized spacial score (nSPS) is 13.9. The molecular weight excluding hydrogens is 298 g/mol. The van der Waals surface area contributed by atoms with Crippen LogP contribution in [0.3, 0.4) is 0 Å². The van der Waals surface area contributed by atoms with Crippen molar-refractivity contribution in [2.75, 3.05) is 6.54 Å². The third-order valence-corrected chi connectivity index (χ3v) is 5.26. The van der Waals surface area contributed by atoms with Gasteiger partial charge in [0.05, 0.1) is 5.39 Å². The minimum atomic E-state index is -0.211. The summed E-state index contributed by atoms with van der Waals surface area (Å²) in [6, 6.07) is 0. The quantitative estimate of drug-likeness (QED) is 0.750. The summed E-state index contributed by atoms with van der Waals surface area (Å²) in [5, 5.41) is 8.23. The predicted molar refractivity (Wildman–Crippen MR) is 85.4 cm³/mol. The van der Waals surface area contributed by atoms with E-state index in [4.69, 9.17) is 0 Å². The van der Waals surface area contributed by atoms with E-state index in [1.54, 1.807) is 22.2 Å². The maximum Gasteiger partial charge on any atom is 0.290 e. The van der Waals surface area contributed by atoms with E-state index in [-0.39, 0.29) is 11.7 Å². The van der Waals surface area contributed by atoms with Gasteiger partial charge in [0.15, 0.2) is 5.65 Å². The maximum atomic E-state index is 12.1. The van der Waals surface area contributed by atoms with Crippen molar-refractivity contribution in [2.24, 2.45) is 0 Å². The Morgan fingerprint density at radius 2 is 2.36 bits per heavy atom. The largest absolute Gasteiger partial charge is 0.349 e. The van der Waals surface area contributed by atoms with E-state index < -0.39 is 0 Å². The topological polar surface area (TPSA) is 72.2 Å². The third kappa shape index (κ3) is 2.08. The summed E-state index contributed by atoms with van der Waals surface area (Å²) < 4.78 is 1.63. The summed E-state index contributed by atoms with van der Waals surface area (Å²) in [5.41, 5.74) is 2.11. The zero-order valence-corrected chi connectivity index (χ0v) is 13.2. The molecule has 3 aromatic rings. The van der Waals surface area contributed by atoms with Gasteiger partial charge in [-0.2, -0.15) is 0 Å². The molecule has 0 fully saturated rings. The molecule has 0 aliphatic heterocycles. The second-order valence-corrected chi connectivity index (χ2v) is 6.68. The van der Waals surface area contributed by atoms with E-state index in [1.165, 1.54) is 16.9 Å². The van der Waals surface area contributed by atoms with E-state index in [2.05, 4.69) is 27.3 Å². The molecule has 114 valence electrons. The molecule has 0 unspecified atom stereocenters. The number of fused-ring (bicyclic) bond motifs is 5. The average molecular weight is 315 g/mol. The number of hydrogen-bond donors (Lipinski definition) is 1. The Bertz CT molecular complexity index is 866. The first kappa shape index (κ1) is 13.6. The third-order valence-electron chi connectivity index (χ3n) is 4.06. The molecule has 1 aliphatic carbocycles. The molecule has 0 bridgehead atoms. The Kier molecular flexibility index (Phi) is 3.29. The van der Waals surface area contributed by atoms with Crippen LogP contribution in [0.1, 0.15) is 47.2 Å². The van der Waals surface area contributed by atoms with Crippen LogP contribution in [0.2, 0.25) is 0 Å². The highest BCUT2D eigenvalue weighted by Gasteiger charge is 2.22. The molecule has 22 heavy (non-hydrogen) atoms. The standard InChI is InChI=1S/C15H17N5OS/c1-2-3-7-16-14(21)12-18-13-11-9-5-4-6-10(9)22-15(11)17-8-20(13)19-12/h8H,2-7H2,1H3,(H,16,21). The number of rotatable bonds is 4. The van der Waals surface area contributed by atoms with E-state index in [1.807, 2.05) is 0 Å². The van der Waals surface area contributed by atoms with Gasteiger partial charge in [0.2, 0.25) is 5.82 Å². The van der Waals surface area contributed by atoms with Gasteiger partial charge in [-0.15, -0.1) is 16.4 Å². The number of carbonyl (C=O) groups is 1. The number of hydrogen-bond acceptors (Lipinski definition) is 5. The fraction of sp³-hybridized carbons (Fsp3) is 0.467. The fourth-order valence-electron chi connectivity index (χ4n) is 2.95. The number of nitrogens with zero attached hydrogens (tertiary/aromatic N) is 4. The van der Waals surface area contributed by atoms with Crippen LogP contribution < -0.4 is 5.32 Å². The molecular formula is C15H17N5OS. The minimum absolute atomic E-state index is 0.211. The molecule has 3 heterocycles. The Morgan fingerprint density at radius 3 is 3.23 bits per heavy atom. The Labute approximate surface area is 131 Å². The van der Waals surface area contributed by atoms with Gasteiger partial charge < -0.3 is 5.32 Å². The highest BCUT2D eigenvalue weighted by atomic mass is 32.1. The fourth-order valence-corrected chi connectivity index (χ4v) is 4.17. The van der Waals surface area contributed by atoms with Crippen LogP contribution in [0.15, 0.2) is 6.33 Å². The highest BCUT2D eigenvalue weighted by Crippen LogP contribution is 2.37. The molecule has 6 nitrogen and oxygen atoms in total. The highest BCUT2D eigenvalue weighted by molar-refractivity contribution is 7.19. The molecule has 1 N–H and O–H groups in total. The van der Waals surface area contributed by atoms with Gasteiger partial charge in [-0.3, -0.25) is 4.79 Å². The average Bonchev–Trinajstić information content (AvgIpc) is 3.19. The molecule has 0 saturated heterocycles. The number of aryl methyl sites for hydroxylation is 2. The first-order chi connectivity index (χ1) is 10.8. The van der Waals surface area contributed by atoms with Crippen molar-refractivity contribution in [3.8, 4) is 0 Å². The summed E-state index contributed by atoms with van der Waals surface area (Å²) in [4.78, 5) is 23.5. The first-order valence-electron chi connectivity index (χ1n) is 7.71. The van der Waals surface area contributed by atoms with Gasteiger partial charge >= 0.3 is 0 Å². The van der Waals surface area contributed by atoms with Gasteiger partial charge in [-0.1, -0.05) is 13.3 Å². The smallest absolute Gasteiger partial charge is 0.290 e. The molecule has 1 amide bonds. The van der Waals surface area contributed by atoms with Crippen molar-refractivity contribution >= 4 is 33.1 Å². The Balaban J connectivity index is 1.77. The van der Waals surface area contributed by atoms with Crippen LogP contribution in [0.25, 0.3) is 15.9 Å². The zero-order chi connectivity index (χ0) is 15.1. The van der Waals surface area contributed by atoms with E-state index in [0.717, 1.165) is 41.5 Å². The summed E-state index contributed by atoms with van der Waals surface area (Å²) in [6.45, 7) is 2.75. The second-order valence-electron chi connectivity index (χ2n) is 5.60. The molecule has 7 heteroatoms. The zero-order valence-electron chi connectivity index (χ0n) is 12.4. The lowest BCUT2D eigenvalue weighted by atomic mass is 10.2. The van der Waals surface area contributed by atoms with Crippen LogP contribution >= 0.6 is 11.3 Å². The number of nitrogens with one attached hydrogen (secondary N) is 1. The van der Waals surface area contributed by atoms with Crippen LogP contribution in [-0.2, 0) is 12.8 Å². The van der Waals surface area contributed by atoms with Crippen molar-refractivity contribution in [3.63, 3.8) is 0 Å². The van der Waals surface area contributed by atoms with Crippen LogP contribution in [0, 0.1) is 0 Å². The molecule has 4 rings (SSSR count). The number of unbranched alkanes of at least 4 members (excludes halogenated alkanes) is 1. The summed E-state index contributed by atoms with van der Waals surface area (Å²) in [6.07, 6.45) is 7.05. The molecule has 0 spiro atoms. The lowest BCUT2D eigenvalue weighted by Crippen LogP contribution is -2.25. The van der Waals surface area contributed by atoms with Crippen molar-refractivity contribution in [1.82, 2.24) is 24.9 Å². The minimum Gasteiger partial charge on any atom is -0.349 e. The van der Waals surface area contributed by atoms with Crippen molar-refractivity contribution in [3.05, 3.63) is 22.6 Å². The second kappa shape index (κ2) is 5.31. The SMILES string of the molecule is CCCCNC(=O)c1nc2c3c4c(sc3ncn2n1)CCC4. The first-order valence-corrected chi connectivity index (χ1v) is 8.53. The lowest BCUT2D eigenvalue weighted by Gasteiger charge is -1.99. The summed E-state index contributed by atoms with van der Waals surface area (Å²) in [5.74, 6) is 0.0144. The number of amides is 1. The molecule has 0 aromatic carbocycles. The number of carbonyl (C=O) groups excluding carboxylic acids is 1. The van der Waals surface area contributed by atoms with E-state index >= 15 is 0 Å². The maximum absolute atomic E-state index is 12.1. The Morgan fingerprint density at radius 1 is 1.45 bits per heavy atom. The van der Waals surface area contributed by atoms with Crippen molar-refractivity contribution < 1.29 is 4.79 Å². The number of thiophene rings is 1. The van der Waals surface area contributed by atoms with Gasteiger partial charge in [-0.25, -0.2) is 14.5 Å². The number of aromatic nitrogens is 4. The van der Waals surface area contributed by atoms with E-state index in [9.17, 15) is 4.79 Å². The van der Waals surface area contributed by atoms with Crippen molar-refractivity contribution in [2.45, 2.75) is 39.0 Å². The van der Waals surface area contributed by atoms with Gasteiger partial charge in [0, 0.05) is 11.4 Å². The molecule has 0 radical (unpaired) electrons. The molecule has 3 aromatic heterocycles. The van der Waals surface area contributed by atoms with Crippen LogP contribution in [-0.4, -0.2) is 32.0 Å². The monoisotopic (exact) mass is 315 g/mol. The molecule has 1 aliphatic rings. The summed E-state index contributed by atoms with van der Waals surface area (Å²) >= 11 is 1.74. The molecule has 0 saturated carbocycles. The predicted octanol–water partition coefficient (Wildman–Crippen LogP) is 2.36. The van der Waals surface area contributed by atoms with Gasteiger partial charge in [0.25, 0.3) is 5.91 Å². The summed E-state index contributed by atoms with van der Waals surface area (Å²) in [7, 11) is 0. The van der Waals surface area contributed by atoms with Gasteiger partial charge in [-0.05, 0) is 31.2 Å². The van der Waals surface area contributed by atoms with Crippen molar-refractivity contribution in [1.29, 1.82) is 0 Å².